The van der Waals surface area contributed by atoms with E-state index < -0.39 is 0 Å². The van der Waals surface area contributed by atoms with Crippen LogP contribution in [-0.4, -0.2) is 40.5 Å². The number of halogens is 2. The number of nitrogens with two attached hydrogens (primary N) is 1. The zero-order valence-corrected chi connectivity index (χ0v) is 16.4. The van der Waals surface area contributed by atoms with Crippen LogP contribution in [0.1, 0.15) is 13.8 Å². The van der Waals surface area contributed by atoms with E-state index in [2.05, 4.69) is 20.9 Å². The predicted octanol–water partition coefficient (Wildman–Crippen LogP) is 2.02. The van der Waals surface area contributed by atoms with Gasteiger partial charge in [0.15, 0.2) is 0 Å². The van der Waals surface area contributed by atoms with Crippen molar-refractivity contribution < 1.29 is 4.79 Å². The highest BCUT2D eigenvalue weighted by atomic mass is 79.9. The summed E-state index contributed by atoms with van der Waals surface area (Å²) in [6.07, 6.45) is 1.42. The lowest BCUT2D eigenvalue weighted by Crippen LogP contribution is -2.42. The minimum absolute atomic E-state index is 0. The van der Waals surface area contributed by atoms with Gasteiger partial charge in [-0.2, -0.15) is 0 Å². The van der Waals surface area contributed by atoms with E-state index >= 15 is 0 Å². The fraction of sp³-hybridized carbons (Fsp3) is 0.438. The number of fused-ring (bicyclic) bond motifs is 1. The van der Waals surface area contributed by atoms with E-state index in [1.807, 2.05) is 19.9 Å². The Morgan fingerprint density at radius 3 is 2.71 bits per heavy atom. The smallest absolute Gasteiger partial charge is 0.261 e. The van der Waals surface area contributed by atoms with Gasteiger partial charge in [0.25, 0.3) is 5.56 Å². The first-order valence-electron chi connectivity index (χ1n) is 7.32. The van der Waals surface area contributed by atoms with Crippen LogP contribution in [-0.2, 0) is 11.3 Å². The van der Waals surface area contributed by atoms with Crippen molar-refractivity contribution in [2.75, 3.05) is 20.1 Å². The molecule has 2 N–H and O–H groups in total. The average Bonchev–Trinajstić information content (AvgIpc) is 2.50. The standard InChI is InChI=1S/C16H21BrN4O2.ClH/c1-16(2,8-18)9-20(3)14(22)7-21-10-19-13-5-4-11(17)6-12(13)15(21)23;/h4-6,10H,7-9,18H2,1-3H3;1H. The predicted molar refractivity (Wildman–Crippen MR) is 101 cm³/mol. The Bertz CT molecular complexity index is 791. The van der Waals surface area contributed by atoms with Gasteiger partial charge in [0.1, 0.15) is 6.54 Å². The van der Waals surface area contributed by atoms with E-state index in [4.69, 9.17) is 5.73 Å². The van der Waals surface area contributed by atoms with E-state index in [0.717, 1.165) is 4.47 Å². The van der Waals surface area contributed by atoms with Gasteiger partial charge in [-0.15, -0.1) is 12.4 Å². The molecule has 1 aromatic heterocycles. The molecule has 2 rings (SSSR count). The number of hydrogen-bond donors (Lipinski definition) is 1. The van der Waals surface area contributed by atoms with Crippen molar-refractivity contribution in [1.29, 1.82) is 0 Å². The van der Waals surface area contributed by atoms with Gasteiger partial charge in [-0.25, -0.2) is 4.98 Å². The first-order valence-corrected chi connectivity index (χ1v) is 8.11. The number of benzene rings is 1. The molecule has 1 aromatic carbocycles. The third-order valence-electron chi connectivity index (χ3n) is 3.74. The molecule has 1 heterocycles. The molecule has 0 aliphatic heterocycles. The SMILES string of the molecule is CN(CC(C)(C)CN)C(=O)Cn1cnc2ccc(Br)cc2c1=O.Cl. The minimum atomic E-state index is -0.226. The van der Waals surface area contributed by atoms with Crippen molar-refractivity contribution in [3.8, 4) is 0 Å². The van der Waals surface area contributed by atoms with E-state index in [-0.39, 0.29) is 35.8 Å². The van der Waals surface area contributed by atoms with E-state index in [1.54, 1.807) is 24.1 Å². The summed E-state index contributed by atoms with van der Waals surface area (Å²) in [5.41, 5.74) is 5.92. The molecule has 0 saturated carbocycles. The molecule has 0 radical (unpaired) electrons. The highest BCUT2D eigenvalue weighted by Gasteiger charge is 2.21. The van der Waals surface area contributed by atoms with Crippen molar-refractivity contribution in [1.82, 2.24) is 14.5 Å². The maximum absolute atomic E-state index is 12.5. The molecule has 2 aromatic rings. The van der Waals surface area contributed by atoms with Gasteiger partial charge in [-0.1, -0.05) is 29.8 Å². The summed E-state index contributed by atoms with van der Waals surface area (Å²) in [5.74, 6) is -0.148. The lowest BCUT2D eigenvalue weighted by molar-refractivity contribution is -0.131. The molecule has 0 bridgehead atoms. The molecule has 6 nitrogen and oxygen atoms in total. The van der Waals surface area contributed by atoms with E-state index in [1.165, 1.54) is 10.9 Å². The maximum Gasteiger partial charge on any atom is 0.261 e. The quantitative estimate of drug-likeness (QED) is 0.807. The van der Waals surface area contributed by atoms with Gasteiger partial charge in [-0.05, 0) is 30.2 Å². The number of nitrogens with zero attached hydrogens (tertiary/aromatic N) is 3. The van der Waals surface area contributed by atoms with Gasteiger partial charge >= 0.3 is 0 Å². The van der Waals surface area contributed by atoms with Crippen molar-refractivity contribution in [3.05, 3.63) is 39.4 Å². The molecular formula is C16H22BrClN4O2. The van der Waals surface area contributed by atoms with Gasteiger partial charge in [0.2, 0.25) is 5.91 Å². The summed E-state index contributed by atoms with van der Waals surface area (Å²) in [6.45, 7) is 4.97. The van der Waals surface area contributed by atoms with Crippen LogP contribution < -0.4 is 11.3 Å². The summed E-state index contributed by atoms with van der Waals surface area (Å²) in [4.78, 5) is 30.7. The first kappa shape index (κ1) is 20.6. The summed E-state index contributed by atoms with van der Waals surface area (Å²) in [7, 11) is 1.72. The second-order valence-electron chi connectivity index (χ2n) is 6.46. The number of amides is 1. The molecular weight excluding hydrogens is 396 g/mol. The third-order valence-corrected chi connectivity index (χ3v) is 4.23. The molecule has 0 fully saturated rings. The number of likely N-dealkylation sites (N-methyl/N-ethyl adjacent to an activating group) is 1. The molecule has 24 heavy (non-hydrogen) atoms. The third kappa shape index (κ3) is 4.78. The zero-order valence-electron chi connectivity index (χ0n) is 14.0. The number of rotatable bonds is 5. The number of carbonyl (C=O) groups is 1. The Kier molecular flexibility index (Phi) is 6.95. The van der Waals surface area contributed by atoms with E-state index in [9.17, 15) is 9.59 Å². The lowest BCUT2D eigenvalue weighted by Gasteiger charge is -2.29. The molecule has 8 heteroatoms. The van der Waals surface area contributed by atoms with Gasteiger partial charge < -0.3 is 10.6 Å². The molecule has 0 aliphatic rings. The van der Waals surface area contributed by atoms with Crippen molar-refractivity contribution in [2.45, 2.75) is 20.4 Å². The van der Waals surface area contributed by atoms with Crippen LogP contribution in [0.15, 0.2) is 33.8 Å². The molecule has 0 saturated heterocycles. The second-order valence-corrected chi connectivity index (χ2v) is 7.37. The Balaban J connectivity index is 0.00000288. The van der Waals surface area contributed by atoms with Crippen molar-refractivity contribution in [2.24, 2.45) is 11.1 Å². The molecule has 0 aliphatic carbocycles. The second kappa shape index (κ2) is 8.09. The van der Waals surface area contributed by atoms with Gasteiger partial charge in [0.05, 0.1) is 17.2 Å². The minimum Gasteiger partial charge on any atom is -0.344 e. The normalized spacial score (nSPS) is 11.2. The van der Waals surface area contributed by atoms with Crippen LogP contribution in [0.4, 0.5) is 0 Å². The summed E-state index contributed by atoms with van der Waals surface area (Å²) < 4.78 is 2.14. The summed E-state index contributed by atoms with van der Waals surface area (Å²) in [5, 5.41) is 0.486. The molecule has 0 atom stereocenters. The maximum atomic E-state index is 12.5. The Hall–Kier alpha value is -1.44. The molecule has 0 spiro atoms. The Labute approximate surface area is 155 Å². The monoisotopic (exact) mass is 416 g/mol. The lowest BCUT2D eigenvalue weighted by atomic mass is 9.93. The van der Waals surface area contributed by atoms with Crippen LogP contribution in [0.25, 0.3) is 10.9 Å². The number of hydrogen-bond acceptors (Lipinski definition) is 4. The van der Waals surface area contributed by atoms with Gasteiger partial charge in [0, 0.05) is 18.1 Å². The highest BCUT2D eigenvalue weighted by Crippen LogP contribution is 2.15. The van der Waals surface area contributed by atoms with Crippen LogP contribution in [0.3, 0.4) is 0 Å². The summed E-state index contributed by atoms with van der Waals surface area (Å²) >= 11 is 3.34. The largest absolute Gasteiger partial charge is 0.344 e. The fourth-order valence-electron chi connectivity index (χ4n) is 2.31. The Morgan fingerprint density at radius 2 is 2.08 bits per heavy atom. The number of aromatic nitrogens is 2. The molecule has 0 unspecified atom stereocenters. The van der Waals surface area contributed by atoms with Crippen molar-refractivity contribution in [3.63, 3.8) is 0 Å². The van der Waals surface area contributed by atoms with Crippen LogP contribution in [0, 0.1) is 5.41 Å². The fourth-order valence-corrected chi connectivity index (χ4v) is 2.67. The zero-order chi connectivity index (χ0) is 17.2. The summed E-state index contributed by atoms with van der Waals surface area (Å²) in [6, 6.07) is 5.31. The van der Waals surface area contributed by atoms with Crippen LogP contribution in [0.2, 0.25) is 0 Å². The van der Waals surface area contributed by atoms with Gasteiger partial charge in [-0.3, -0.25) is 14.2 Å². The molecule has 132 valence electrons. The average molecular weight is 418 g/mol. The van der Waals surface area contributed by atoms with E-state index in [0.29, 0.717) is 24.0 Å². The van der Waals surface area contributed by atoms with Crippen LogP contribution in [0.5, 0.6) is 0 Å². The topological polar surface area (TPSA) is 81.2 Å². The Morgan fingerprint density at radius 1 is 1.42 bits per heavy atom. The molecule has 1 amide bonds. The van der Waals surface area contributed by atoms with Crippen LogP contribution >= 0.6 is 28.3 Å². The van der Waals surface area contributed by atoms with Crippen molar-refractivity contribution >= 4 is 45.1 Å². The number of carbonyl (C=O) groups excluding carboxylic acids is 1. The first-order chi connectivity index (χ1) is 10.7. The highest BCUT2D eigenvalue weighted by molar-refractivity contribution is 9.10.